The summed E-state index contributed by atoms with van der Waals surface area (Å²) in [5, 5.41) is 11.9. The Balaban J connectivity index is 1.83. The third-order valence-electron chi connectivity index (χ3n) is 3.47. The lowest BCUT2D eigenvalue weighted by atomic mass is 10.1. The second-order valence-electron chi connectivity index (χ2n) is 4.96. The van der Waals surface area contributed by atoms with Crippen LogP contribution in [0, 0.1) is 18.3 Å². The molecule has 1 N–H and O–H groups in total. The molecule has 0 saturated heterocycles. The van der Waals surface area contributed by atoms with E-state index >= 15 is 0 Å². The van der Waals surface area contributed by atoms with Crippen LogP contribution in [0.25, 0.3) is 0 Å². The van der Waals surface area contributed by atoms with Crippen molar-refractivity contribution >= 4 is 34.7 Å². The Labute approximate surface area is 132 Å². The van der Waals surface area contributed by atoms with E-state index < -0.39 is 0 Å². The first-order valence-electron chi connectivity index (χ1n) is 6.69. The third-order valence-corrected chi connectivity index (χ3v) is 5.71. The molecule has 1 aliphatic rings. The first-order valence-corrected chi connectivity index (χ1v) is 8.66. The zero-order chi connectivity index (χ0) is 14.8. The molecule has 1 aromatic heterocycles. The lowest BCUT2D eigenvalue weighted by Gasteiger charge is -2.08. The lowest BCUT2D eigenvalue weighted by Crippen LogP contribution is -2.11. The van der Waals surface area contributed by atoms with E-state index in [4.69, 9.17) is 5.26 Å². The number of nitriles is 1. The number of aryl methyl sites for hydroxylation is 2. The lowest BCUT2D eigenvalue weighted by molar-refractivity contribution is 0.103. The van der Waals surface area contributed by atoms with E-state index in [0.717, 1.165) is 28.4 Å². The van der Waals surface area contributed by atoms with Crippen LogP contribution < -0.4 is 5.32 Å². The molecule has 0 atom stereocenters. The van der Waals surface area contributed by atoms with Crippen LogP contribution in [-0.4, -0.2) is 11.7 Å². The number of thiophene rings is 1. The van der Waals surface area contributed by atoms with Gasteiger partial charge in [0.15, 0.2) is 0 Å². The van der Waals surface area contributed by atoms with Crippen molar-refractivity contribution < 1.29 is 4.79 Å². The molecule has 0 aliphatic carbocycles. The van der Waals surface area contributed by atoms with Crippen LogP contribution in [0.5, 0.6) is 0 Å². The molecule has 0 saturated carbocycles. The van der Waals surface area contributed by atoms with Crippen LogP contribution in [0.4, 0.5) is 5.69 Å². The molecular weight excluding hydrogens is 300 g/mol. The van der Waals surface area contributed by atoms with Gasteiger partial charge < -0.3 is 5.32 Å². The van der Waals surface area contributed by atoms with Gasteiger partial charge in [0.1, 0.15) is 0 Å². The average molecular weight is 314 g/mol. The highest BCUT2D eigenvalue weighted by molar-refractivity contribution is 7.98. The number of benzene rings is 1. The van der Waals surface area contributed by atoms with Gasteiger partial charge in [0.25, 0.3) is 5.91 Å². The van der Waals surface area contributed by atoms with Gasteiger partial charge in [0.05, 0.1) is 16.5 Å². The van der Waals surface area contributed by atoms with Gasteiger partial charge in [-0.3, -0.25) is 4.79 Å². The maximum absolute atomic E-state index is 12.4. The van der Waals surface area contributed by atoms with E-state index in [-0.39, 0.29) is 5.91 Å². The van der Waals surface area contributed by atoms with E-state index in [1.54, 1.807) is 23.5 Å². The molecule has 106 valence electrons. The van der Waals surface area contributed by atoms with Gasteiger partial charge in [-0.25, -0.2) is 0 Å². The Morgan fingerprint density at radius 2 is 2.24 bits per heavy atom. The molecule has 21 heavy (non-hydrogen) atoms. The number of hydrogen-bond donors (Lipinski definition) is 1. The minimum atomic E-state index is -0.0856. The average Bonchev–Trinajstić information content (AvgIpc) is 2.93. The standard InChI is InChI=1S/C16H14N2OS2/c1-10-2-3-11(8-17)6-13(10)18-16(19)15-7-12-9-20-5-4-14(12)21-15/h2-3,6-7H,4-5,9H2,1H3,(H,18,19). The zero-order valence-electron chi connectivity index (χ0n) is 11.6. The number of nitrogens with zero attached hydrogens (tertiary/aromatic N) is 1. The summed E-state index contributed by atoms with van der Waals surface area (Å²) in [6.07, 6.45) is 1.06. The fraction of sp³-hybridized carbons (Fsp3) is 0.250. The highest BCUT2D eigenvalue weighted by Gasteiger charge is 2.18. The van der Waals surface area contributed by atoms with E-state index in [1.807, 2.05) is 30.8 Å². The summed E-state index contributed by atoms with van der Waals surface area (Å²) in [5.74, 6) is 2.05. The molecule has 0 radical (unpaired) electrons. The van der Waals surface area contributed by atoms with E-state index in [1.165, 1.54) is 10.4 Å². The van der Waals surface area contributed by atoms with Crippen molar-refractivity contribution in [1.29, 1.82) is 5.26 Å². The van der Waals surface area contributed by atoms with Gasteiger partial charge >= 0.3 is 0 Å². The van der Waals surface area contributed by atoms with Gasteiger partial charge in [-0.2, -0.15) is 17.0 Å². The third kappa shape index (κ3) is 2.97. The summed E-state index contributed by atoms with van der Waals surface area (Å²) in [6.45, 7) is 1.92. The maximum Gasteiger partial charge on any atom is 0.265 e. The summed E-state index contributed by atoms with van der Waals surface area (Å²) in [7, 11) is 0. The zero-order valence-corrected chi connectivity index (χ0v) is 13.2. The molecule has 5 heteroatoms. The van der Waals surface area contributed by atoms with Crippen LogP contribution in [0.3, 0.4) is 0 Å². The number of hydrogen-bond acceptors (Lipinski definition) is 4. The van der Waals surface area contributed by atoms with Crippen molar-refractivity contribution in [3.05, 3.63) is 50.7 Å². The molecular formula is C16H14N2OS2. The smallest absolute Gasteiger partial charge is 0.265 e. The number of fused-ring (bicyclic) bond motifs is 1. The Kier molecular flexibility index (Phi) is 4.00. The quantitative estimate of drug-likeness (QED) is 0.912. The molecule has 3 rings (SSSR count). The number of anilines is 1. The molecule has 0 unspecified atom stereocenters. The van der Waals surface area contributed by atoms with Crippen molar-refractivity contribution in [2.75, 3.05) is 11.1 Å². The minimum Gasteiger partial charge on any atom is -0.321 e. The van der Waals surface area contributed by atoms with Crippen LogP contribution >= 0.6 is 23.1 Å². The SMILES string of the molecule is Cc1ccc(C#N)cc1NC(=O)c1cc2c(s1)CCSC2. The molecule has 0 bridgehead atoms. The summed E-state index contributed by atoms with van der Waals surface area (Å²) in [5.41, 5.74) is 3.51. The number of nitrogens with one attached hydrogen (secondary N) is 1. The Bertz CT molecular complexity index is 720. The van der Waals surface area contributed by atoms with Crippen LogP contribution in [-0.2, 0) is 12.2 Å². The Morgan fingerprint density at radius 3 is 3.00 bits per heavy atom. The summed E-state index contributed by atoms with van der Waals surface area (Å²) >= 11 is 3.50. The van der Waals surface area contributed by atoms with Crippen molar-refractivity contribution in [2.45, 2.75) is 19.1 Å². The molecule has 3 nitrogen and oxygen atoms in total. The topological polar surface area (TPSA) is 52.9 Å². The van der Waals surface area contributed by atoms with E-state index in [9.17, 15) is 4.79 Å². The first-order chi connectivity index (χ1) is 10.2. The van der Waals surface area contributed by atoms with E-state index in [2.05, 4.69) is 11.4 Å². The molecule has 0 spiro atoms. The molecule has 2 heterocycles. The summed E-state index contributed by atoms with van der Waals surface area (Å²) in [4.78, 5) is 14.5. The summed E-state index contributed by atoms with van der Waals surface area (Å²) < 4.78 is 0. The predicted octanol–water partition coefficient (Wildman–Crippen LogP) is 3.97. The number of rotatable bonds is 2. The van der Waals surface area contributed by atoms with Crippen molar-refractivity contribution in [3.8, 4) is 6.07 Å². The van der Waals surface area contributed by atoms with Crippen molar-refractivity contribution in [1.82, 2.24) is 0 Å². The first kappa shape index (κ1) is 14.2. The van der Waals surface area contributed by atoms with Gasteiger partial charge in [-0.15, -0.1) is 11.3 Å². The predicted molar refractivity (Wildman–Crippen MR) is 88.0 cm³/mol. The van der Waals surface area contributed by atoms with E-state index in [0.29, 0.717) is 11.3 Å². The van der Waals surface area contributed by atoms with Gasteiger partial charge in [0, 0.05) is 16.3 Å². The summed E-state index contributed by atoms with van der Waals surface area (Å²) in [6, 6.07) is 9.43. The molecule has 0 fully saturated rings. The Hall–Kier alpha value is -1.77. The van der Waals surface area contributed by atoms with Crippen LogP contribution in [0.15, 0.2) is 24.3 Å². The number of thioether (sulfide) groups is 1. The second-order valence-corrected chi connectivity index (χ2v) is 7.20. The fourth-order valence-electron chi connectivity index (χ4n) is 2.27. The number of amides is 1. The van der Waals surface area contributed by atoms with Crippen LogP contribution in [0.1, 0.15) is 31.2 Å². The van der Waals surface area contributed by atoms with Gasteiger partial charge in [0.2, 0.25) is 0 Å². The Morgan fingerprint density at radius 1 is 1.38 bits per heavy atom. The molecule has 1 aliphatic heterocycles. The number of carbonyl (C=O) groups is 1. The minimum absolute atomic E-state index is 0.0856. The van der Waals surface area contributed by atoms with Crippen molar-refractivity contribution in [3.63, 3.8) is 0 Å². The monoisotopic (exact) mass is 314 g/mol. The largest absolute Gasteiger partial charge is 0.321 e. The fourth-order valence-corrected chi connectivity index (χ4v) is 4.54. The molecule has 1 aromatic carbocycles. The van der Waals surface area contributed by atoms with Crippen LogP contribution in [0.2, 0.25) is 0 Å². The maximum atomic E-state index is 12.4. The normalized spacial score (nSPS) is 13.3. The highest BCUT2D eigenvalue weighted by atomic mass is 32.2. The molecule has 2 aromatic rings. The second kappa shape index (κ2) is 5.92. The van der Waals surface area contributed by atoms with Gasteiger partial charge in [-0.1, -0.05) is 6.07 Å². The van der Waals surface area contributed by atoms with Crippen molar-refractivity contribution in [2.24, 2.45) is 0 Å². The number of carbonyl (C=O) groups excluding carboxylic acids is 1. The molecule has 1 amide bonds. The highest BCUT2D eigenvalue weighted by Crippen LogP contribution is 2.32. The van der Waals surface area contributed by atoms with Gasteiger partial charge in [-0.05, 0) is 48.4 Å².